The van der Waals surface area contributed by atoms with Crippen LogP contribution in [0.5, 0.6) is 5.75 Å². The first kappa shape index (κ1) is 15.8. The summed E-state index contributed by atoms with van der Waals surface area (Å²) in [4.78, 5) is 0. The van der Waals surface area contributed by atoms with Crippen molar-refractivity contribution in [2.24, 2.45) is 5.73 Å². The van der Waals surface area contributed by atoms with Crippen molar-refractivity contribution in [3.63, 3.8) is 0 Å². The zero-order valence-corrected chi connectivity index (χ0v) is 13.0. The Morgan fingerprint density at radius 3 is 2.76 bits per heavy atom. The molecule has 0 aliphatic heterocycles. The first-order valence-corrected chi connectivity index (χ1v) is 7.34. The number of ether oxygens (including phenoxy) is 1. The van der Waals surface area contributed by atoms with Crippen molar-refractivity contribution in [2.45, 2.75) is 40.0 Å². The Morgan fingerprint density at radius 2 is 2.14 bits per heavy atom. The van der Waals surface area contributed by atoms with Gasteiger partial charge in [-0.2, -0.15) is 5.10 Å². The number of aromatic nitrogens is 2. The monoisotopic (exact) mass is 311 g/mol. The van der Waals surface area contributed by atoms with E-state index >= 15 is 0 Å². The fourth-order valence-electron chi connectivity index (χ4n) is 2.17. The van der Waals surface area contributed by atoms with Gasteiger partial charge in [-0.25, -0.2) is 4.39 Å². The Labute approximate surface area is 128 Å². The highest BCUT2D eigenvalue weighted by Gasteiger charge is 2.16. The molecule has 2 rings (SSSR count). The SMILES string of the molecule is CCc1nn(CC)c(COc2c(F)cccc2CN)c1Cl. The van der Waals surface area contributed by atoms with E-state index in [1.165, 1.54) is 6.07 Å². The van der Waals surface area contributed by atoms with Gasteiger partial charge in [-0.1, -0.05) is 30.7 Å². The van der Waals surface area contributed by atoms with Crippen LogP contribution in [0.25, 0.3) is 0 Å². The first-order valence-electron chi connectivity index (χ1n) is 6.96. The van der Waals surface area contributed by atoms with Crippen LogP contribution >= 0.6 is 11.6 Å². The lowest BCUT2D eigenvalue weighted by Gasteiger charge is -2.12. The molecule has 0 saturated carbocycles. The Bertz CT molecular complexity index is 628. The van der Waals surface area contributed by atoms with Crippen LogP contribution in [0.3, 0.4) is 0 Å². The van der Waals surface area contributed by atoms with Crippen LogP contribution in [-0.2, 0) is 26.1 Å². The number of rotatable bonds is 6. The molecule has 0 bridgehead atoms. The molecule has 2 aromatic rings. The van der Waals surface area contributed by atoms with E-state index in [0.29, 0.717) is 17.1 Å². The van der Waals surface area contributed by atoms with Crippen LogP contribution in [0.1, 0.15) is 30.8 Å². The summed E-state index contributed by atoms with van der Waals surface area (Å²) in [6, 6.07) is 4.71. The molecule has 21 heavy (non-hydrogen) atoms. The number of hydrogen-bond donors (Lipinski definition) is 1. The van der Waals surface area contributed by atoms with Crippen molar-refractivity contribution < 1.29 is 9.13 Å². The van der Waals surface area contributed by atoms with Gasteiger partial charge >= 0.3 is 0 Å². The molecule has 0 spiro atoms. The van der Waals surface area contributed by atoms with Gasteiger partial charge in [-0.05, 0) is 19.4 Å². The molecule has 0 radical (unpaired) electrons. The van der Waals surface area contributed by atoms with Crippen molar-refractivity contribution in [3.05, 3.63) is 46.0 Å². The molecule has 2 N–H and O–H groups in total. The molecule has 6 heteroatoms. The van der Waals surface area contributed by atoms with Crippen molar-refractivity contribution in [1.82, 2.24) is 9.78 Å². The summed E-state index contributed by atoms with van der Waals surface area (Å²) >= 11 is 6.31. The maximum atomic E-state index is 13.9. The Hall–Kier alpha value is -1.59. The van der Waals surface area contributed by atoms with E-state index in [1.807, 2.05) is 13.8 Å². The van der Waals surface area contributed by atoms with E-state index in [9.17, 15) is 4.39 Å². The number of nitrogens with zero attached hydrogens (tertiary/aromatic N) is 2. The predicted octanol–water partition coefficient (Wildman–Crippen LogP) is 3.30. The quantitative estimate of drug-likeness (QED) is 0.890. The van der Waals surface area contributed by atoms with Crippen LogP contribution in [0, 0.1) is 5.82 Å². The van der Waals surface area contributed by atoms with E-state index < -0.39 is 5.82 Å². The molecule has 0 amide bonds. The second-order valence-corrected chi connectivity index (χ2v) is 4.98. The van der Waals surface area contributed by atoms with Crippen molar-refractivity contribution in [1.29, 1.82) is 0 Å². The summed E-state index contributed by atoms with van der Waals surface area (Å²) in [5.41, 5.74) is 7.81. The minimum absolute atomic E-state index is 0.160. The third-order valence-electron chi connectivity index (χ3n) is 3.32. The second kappa shape index (κ2) is 6.91. The fraction of sp³-hybridized carbons (Fsp3) is 0.400. The molecule has 4 nitrogen and oxygen atoms in total. The minimum atomic E-state index is -0.424. The van der Waals surface area contributed by atoms with Gasteiger partial charge in [0.15, 0.2) is 11.6 Å². The highest BCUT2D eigenvalue weighted by molar-refractivity contribution is 6.31. The normalized spacial score (nSPS) is 10.9. The highest BCUT2D eigenvalue weighted by Crippen LogP contribution is 2.26. The summed E-state index contributed by atoms with van der Waals surface area (Å²) < 4.78 is 21.3. The van der Waals surface area contributed by atoms with Gasteiger partial charge in [-0.3, -0.25) is 4.68 Å². The molecular weight excluding hydrogens is 293 g/mol. The van der Waals surface area contributed by atoms with Crippen LogP contribution in [-0.4, -0.2) is 9.78 Å². The van der Waals surface area contributed by atoms with Crippen LogP contribution < -0.4 is 10.5 Å². The highest BCUT2D eigenvalue weighted by atomic mass is 35.5. The summed E-state index contributed by atoms with van der Waals surface area (Å²) in [5.74, 6) is -0.245. The molecule has 0 aliphatic carbocycles. The largest absolute Gasteiger partial charge is 0.484 e. The number of aryl methyl sites for hydroxylation is 2. The maximum absolute atomic E-state index is 13.9. The number of benzene rings is 1. The molecule has 0 aliphatic rings. The van der Waals surface area contributed by atoms with E-state index in [1.54, 1.807) is 16.8 Å². The number of nitrogens with two attached hydrogens (primary N) is 1. The van der Waals surface area contributed by atoms with E-state index in [2.05, 4.69) is 5.10 Å². The summed E-state index contributed by atoms with van der Waals surface area (Å²) in [7, 11) is 0. The molecule has 1 aromatic heterocycles. The fourth-order valence-corrected chi connectivity index (χ4v) is 2.50. The van der Waals surface area contributed by atoms with Crippen molar-refractivity contribution >= 4 is 11.6 Å². The molecule has 1 heterocycles. The van der Waals surface area contributed by atoms with Gasteiger partial charge in [-0.15, -0.1) is 0 Å². The van der Waals surface area contributed by atoms with Gasteiger partial charge in [0.25, 0.3) is 0 Å². The average molecular weight is 312 g/mol. The molecule has 114 valence electrons. The zero-order valence-electron chi connectivity index (χ0n) is 12.2. The smallest absolute Gasteiger partial charge is 0.165 e. The Balaban J connectivity index is 2.26. The minimum Gasteiger partial charge on any atom is -0.484 e. The van der Waals surface area contributed by atoms with Gasteiger partial charge in [0.1, 0.15) is 6.61 Å². The summed E-state index contributed by atoms with van der Waals surface area (Å²) in [6.07, 6.45) is 0.743. The second-order valence-electron chi connectivity index (χ2n) is 4.60. The lowest BCUT2D eigenvalue weighted by atomic mass is 10.2. The molecule has 0 unspecified atom stereocenters. The Morgan fingerprint density at radius 1 is 1.38 bits per heavy atom. The number of halogens is 2. The zero-order chi connectivity index (χ0) is 15.4. The third kappa shape index (κ3) is 3.19. The lowest BCUT2D eigenvalue weighted by Crippen LogP contribution is -2.09. The molecule has 0 fully saturated rings. The van der Waals surface area contributed by atoms with Crippen LogP contribution in [0.4, 0.5) is 4.39 Å². The third-order valence-corrected chi connectivity index (χ3v) is 3.75. The van der Waals surface area contributed by atoms with E-state index in [0.717, 1.165) is 17.8 Å². The standard InChI is InChI=1S/C15H19ClFN3O/c1-3-12-14(16)13(20(4-2)19-12)9-21-15-10(8-18)6-5-7-11(15)17/h5-7H,3-4,8-9,18H2,1-2H3. The molecule has 0 atom stereocenters. The number of para-hydroxylation sites is 1. The topological polar surface area (TPSA) is 53.1 Å². The summed E-state index contributed by atoms with van der Waals surface area (Å²) in [6.45, 7) is 5.02. The predicted molar refractivity (Wildman–Crippen MR) is 80.9 cm³/mol. The van der Waals surface area contributed by atoms with Gasteiger partial charge < -0.3 is 10.5 Å². The van der Waals surface area contributed by atoms with E-state index in [-0.39, 0.29) is 18.9 Å². The van der Waals surface area contributed by atoms with Crippen molar-refractivity contribution in [3.8, 4) is 5.75 Å². The average Bonchev–Trinajstić information content (AvgIpc) is 2.81. The molecule has 1 aromatic carbocycles. The van der Waals surface area contributed by atoms with Gasteiger partial charge in [0.2, 0.25) is 0 Å². The Kier molecular flexibility index (Phi) is 5.20. The molecular formula is C15H19ClFN3O. The van der Waals surface area contributed by atoms with Gasteiger partial charge in [0.05, 0.1) is 16.4 Å². The lowest BCUT2D eigenvalue weighted by molar-refractivity contribution is 0.275. The first-order chi connectivity index (χ1) is 10.1. The number of hydrogen-bond acceptors (Lipinski definition) is 3. The molecule has 0 saturated heterocycles. The maximum Gasteiger partial charge on any atom is 0.165 e. The van der Waals surface area contributed by atoms with Crippen LogP contribution in [0.15, 0.2) is 18.2 Å². The van der Waals surface area contributed by atoms with Crippen LogP contribution in [0.2, 0.25) is 5.02 Å². The van der Waals surface area contributed by atoms with E-state index in [4.69, 9.17) is 22.1 Å². The summed E-state index contributed by atoms with van der Waals surface area (Å²) in [5, 5.41) is 5.00. The van der Waals surface area contributed by atoms with Gasteiger partial charge in [0, 0.05) is 18.7 Å². The van der Waals surface area contributed by atoms with Crippen molar-refractivity contribution in [2.75, 3.05) is 0 Å².